The van der Waals surface area contributed by atoms with Crippen LogP contribution in [0, 0.1) is 0 Å². The minimum atomic E-state index is 0.243. The number of nitrogens with one attached hydrogen (secondary N) is 2. The van der Waals surface area contributed by atoms with Gasteiger partial charge in [-0.3, -0.25) is 4.40 Å². The number of hydrogen-bond acceptors (Lipinski definition) is 4. The topological polar surface area (TPSA) is 84.0 Å². The second kappa shape index (κ2) is 6.55. The highest BCUT2D eigenvalue weighted by Crippen LogP contribution is 2.35. The Kier molecular flexibility index (Phi) is 4.02. The van der Waals surface area contributed by atoms with Crippen molar-refractivity contribution in [2.24, 2.45) is 5.73 Å². The van der Waals surface area contributed by atoms with Gasteiger partial charge in [0.05, 0.1) is 0 Å². The van der Waals surface area contributed by atoms with Crippen LogP contribution in [-0.2, 0) is 0 Å². The van der Waals surface area contributed by atoms with E-state index in [2.05, 4.69) is 21.4 Å². The molecule has 1 fully saturated rings. The molecule has 0 saturated heterocycles. The van der Waals surface area contributed by atoms with Crippen LogP contribution < -0.4 is 11.1 Å². The van der Waals surface area contributed by atoms with Crippen LogP contribution in [0.1, 0.15) is 25.7 Å². The number of benzene rings is 1. The maximum Gasteiger partial charge on any atom is 0.181 e. The van der Waals surface area contributed by atoms with Crippen molar-refractivity contribution in [2.75, 3.05) is 5.32 Å². The Hall–Kier alpha value is -2.57. The van der Waals surface area contributed by atoms with Gasteiger partial charge >= 0.3 is 0 Å². The lowest BCUT2D eigenvalue weighted by Crippen LogP contribution is -2.35. The molecule has 0 bridgehead atoms. The first kappa shape index (κ1) is 16.6. The largest absolute Gasteiger partial charge is 0.364 e. The summed E-state index contributed by atoms with van der Waals surface area (Å²) in [6.07, 6.45) is 9.84. The second-order valence-electron chi connectivity index (χ2n) is 7.24. The van der Waals surface area contributed by atoms with Crippen LogP contribution in [0.15, 0.2) is 42.9 Å². The molecule has 27 heavy (non-hydrogen) atoms. The summed E-state index contributed by atoms with van der Waals surface area (Å²) in [6, 6.07) is 8.70. The Morgan fingerprint density at radius 2 is 2.15 bits per heavy atom. The number of aromatic nitrogens is 4. The molecule has 1 aliphatic carbocycles. The monoisotopic (exact) mass is 380 g/mol. The number of rotatable bonds is 3. The molecule has 0 radical (unpaired) electrons. The molecule has 0 aliphatic heterocycles. The van der Waals surface area contributed by atoms with Gasteiger partial charge in [-0.1, -0.05) is 29.8 Å². The molecular weight excluding hydrogens is 360 g/mol. The summed E-state index contributed by atoms with van der Waals surface area (Å²) in [5.74, 6) is 0.754. The Balaban J connectivity index is 1.64. The summed E-state index contributed by atoms with van der Waals surface area (Å²) >= 11 is 6.71. The van der Waals surface area contributed by atoms with Crippen molar-refractivity contribution in [1.82, 2.24) is 19.4 Å². The Bertz CT molecular complexity index is 1110. The van der Waals surface area contributed by atoms with Crippen molar-refractivity contribution < 1.29 is 0 Å². The fourth-order valence-electron chi connectivity index (χ4n) is 4.05. The summed E-state index contributed by atoms with van der Waals surface area (Å²) < 4.78 is 1.89. The second-order valence-corrected chi connectivity index (χ2v) is 7.59. The van der Waals surface area contributed by atoms with E-state index in [0.29, 0.717) is 11.2 Å². The van der Waals surface area contributed by atoms with Crippen molar-refractivity contribution in [3.63, 3.8) is 0 Å². The zero-order valence-corrected chi connectivity index (χ0v) is 15.6. The van der Waals surface area contributed by atoms with E-state index < -0.39 is 0 Å². The fourth-order valence-corrected chi connectivity index (χ4v) is 4.33. The molecule has 7 heteroatoms. The predicted molar refractivity (Wildman–Crippen MR) is 109 cm³/mol. The Morgan fingerprint density at radius 1 is 1.26 bits per heavy atom. The van der Waals surface area contributed by atoms with E-state index in [4.69, 9.17) is 22.3 Å². The average Bonchev–Trinajstić information content (AvgIpc) is 3.32. The minimum Gasteiger partial charge on any atom is -0.364 e. The number of imidazole rings is 1. The number of para-hydroxylation sites is 1. The quantitative estimate of drug-likeness (QED) is 0.497. The first-order chi connectivity index (χ1) is 13.2. The molecule has 5 rings (SSSR count). The van der Waals surface area contributed by atoms with Crippen molar-refractivity contribution >= 4 is 34.0 Å². The molecule has 1 aromatic carbocycles. The van der Waals surface area contributed by atoms with E-state index in [-0.39, 0.29) is 6.04 Å². The first-order valence-electron chi connectivity index (χ1n) is 9.32. The van der Waals surface area contributed by atoms with Gasteiger partial charge in [-0.15, -0.1) is 0 Å². The van der Waals surface area contributed by atoms with Crippen LogP contribution in [-0.4, -0.2) is 31.4 Å². The van der Waals surface area contributed by atoms with E-state index in [0.717, 1.165) is 59.3 Å². The van der Waals surface area contributed by atoms with E-state index in [1.807, 2.05) is 35.0 Å². The van der Waals surface area contributed by atoms with Gasteiger partial charge in [-0.25, -0.2) is 9.97 Å². The number of nitrogens with two attached hydrogens (primary N) is 1. The number of anilines is 1. The van der Waals surface area contributed by atoms with Crippen LogP contribution in [0.3, 0.4) is 0 Å². The Labute approximate surface area is 161 Å². The lowest BCUT2D eigenvalue weighted by molar-refractivity contribution is 0.409. The normalized spacial score (nSPS) is 20.4. The van der Waals surface area contributed by atoms with Crippen molar-refractivity contribution in [2.45, 2.75) is 37.8 Å². The van der Waals surface area contributed by atoms with Crippen LogP contribution in [0.25, 0.3) is 27.8 Å². The molecule has 3 heterocycles. The molecular formula is C20H21ClN6. The standard InChI is InChI=1S/C20H21ClN6/c21-18-17(15-11-24-16-7-2-1-6-14(15)16)26-19(20-23-8-9-27(18)20)25-13-5-3-4-12(22)10-13/h1-2,6-9,11-13,24H,3-5,10,22H2,(H,25,26)/t12-,13-/m0/s1. The number of nitrogens with zero attached hydrogens (tertiary/aromatic N) is 3. The number of fused-ring (bicyclic) bond motifs is 2. The highest BCUT2D eigenvalue weighted by Gasteiger charge is 2.23. The van der Waals surface area contributed by atoms with E-state index >= 15 is 0 Å². The van der Waals surface area contributed by atoms with E-state index in [1.165, 1.54) is 0 Å². The van der Waals surface area contributed by atoms with Crippen LogP contribution in [0.2, 0.25) is 5.15 Å². The number of H-pyrrole nitrogens is 1. The van der Waals surface area contributed by atoms with Gasteiger partial charge in [-0.05, 0) is 31.7 Å². The third-order valence-corrected chi connectivity index (χ3v) is 5.74. The van der Waals surface area contributed by atoms with Crippen molar-refractivity contribution in [3.8, 4) is 11.3 Å². The van der Waals surface area contributed by atoms with Crippen LogP contribution in [0.4, 0.5) is 5.82 Å². The zero-order valence-electron chi connectivity index (χ0n) is 14.8. The zero-order chi connectivity index (χ0) is 18.4. The average molecular weight is 381 g/mol. The fraction of sp³-hybridized carbons (Fsp3) is 0.300. The number of hydrogen-bond donors (Lipinski definition) is 3. The number of aromatic amines is 1. The van der Waals surface area contributed by atoms with Gasteiger partial charge in [0.2, 0.25) is 0 Å². The molecule has 0 unspecified atom stereocenters. The molecule has 0 amide bonds. The lowest BCUT2D eigenvalue weighted by atomic mass is 9.92. The van der Waals surface area contributed by atoms with Gasteiger partial charge < -0.3 is 16.0 Å². The highest BCUT2D eigenvalue weighted by molar-refractivity contribution is 6.32. The van der Waals surface area contributed by atoms with Gasteiger partial charge in [0.15, 0.2) is 11.5 Å². The highest BCUT2D eigenvalue weighted by atomic mass is 35.5. The molecule has 138 valence electrons. The molecule has 3 aromatic heterocycles. The first-order valence-corrected chi connectivity index (χ1v) is 9.69. The van der Waals surface area contributed by atoms with Crippen LogP contribution >= 0.6 is 11.6 Å². The van der Waals surface area contributed by atoms with E-state index in [9.17, 15) is 0 Å². The molecule has 4 aromatic rings. The number of halogens is 1. The summed E-state index contributed by atoms with van der Waals surface area (Å²) in [6.45, 7) is 0. The van der Waals surface area contributed by atoms with Crippen molar-refractivity contribution in [1.29, 1.82) is 0 Å². The minimum absolute atomic E-state index is 0.243. The predicted octanol–water partition coefficient (Wildman–Crippen LogP) is 4.21. The maximum atomic E-state index is 6.71. The molecule has 1 aliphatic rings. The van der Waals surface area contributed by atoms with Crippen molar-refractivity contribution in [3.05, 3.63) is 48.0 Å². The molecule has 0 spiro atoms. The smallest absolute Gasteiger partial charge is 0.181 e. The maximum absolute atomic E-state index is 6.71. The molecule has 6 nitrogen and oxygen atoms in total. The van der Waals surface area contributed by atoms with Gasteiger partial charge in [0.25, 0.3) is 0 Å². The lowest BCUT2D eigenvalue weighted by Gasteiger charge is -2.28. The van der Waals surface area contributed by atoms with E-state index in [1.54, 1.807) is 6.20 Å². The van der Waals surface area contributed by atoms with Gasteiger partial charge in [0.1, 0.15) is 10.8 Å². The summed E-state index contributed by atoms with van der Waals surface area (Å²) in [4.78, 5) is 12.7. The molecule has 1 saturated carbocycles. The molecule has 2 atom stereocenters. The van der Waals surface area contributed by atoms with Crippen LogP contribution in [0.5, 0.6) is 0 Å². The SMILES string of the molecule is N[C@H]1CCC[C@H](Nc2nc(-c3c[nH]c4ccccc34)c(Cl)n3ccnc23)C1. The summed E-state index contributed by atoms with van der Waals surface area (Å²) in [5, 5.41) is 5.22. The van der Waals surface area contributed by atoms with Gasteiger partial charge in [-0.2, -0.15) is 0 Å². The Morgan fingerprint density at radius 3 is 3.04 bits per heavy atom. The third-order valence-electron chi connectivity index (χ3n) is 5.38. The summed E-state index contributed by atoms with van der Waals surface area (Å²) in [5.41, 5.74) is 9.68. The van der Waals surface area contributed by atoms with Gasteiger partial charge in [0, 0.05) is 47.1 Å². The summed E-state index contributed by atoms with van der Waals surface area (Å²) in [7, 11) is 0. The molecule has 4 N–H and O–H groups in total. The third kappa shape index (κ3) is 2.85.